The molecule has 0 saturated carbocycles. The number of para-hydroxylation sites is 2. The largest absolute Gasteiger partial charge is 0.309 e. The SMILES string of the molecule is c1ccc(-n2c3ccccc3c3cc(-c4ccc5c(c4)c4c6ccccc6ccc4n5-c4cc5c6c(cccc6c4)-c4ccncc4-5)ccc32)cc1. The van der Waals surface area contributed by atoms with Crippen LogP contribution in [0.4, 0.5) is 0 Å². The number of nitrogens with zero attached hydrogens (tertiary/aromatic N) is 3. The second-order valence-electron chi connectivity index (χ2n) is 14.0. The Hall–Kier alpha value is -6.97. The molecule has 0 N–H and O–H groups in total. The predicted octanol–water partition coefficient (Wildman–Crippen LogP) is 12.9. The van der Waals surface area contributed by atoms with Gasteiger partial charge in [-0.3, -0.25) is 4.98 Å². The van der Waals surface area contributed by atoms with Crippen LogP contribution in [0.3, 0.4) is 0 Å². The van der Waals surface area contributed by atoms with E-state index in [1.54, 1.807) is 0 Å². The molecular weight excluding hydrogens is 631 g/mol. The van der Waals surface area contributed by atoms with Crippen molar-refractivity contribution in [3.05, 3.63) is 176 Å². The van der Waals surface area contributed by atoms with E-state index >= 15 is 0 Å². The van der Waals surface area contributed by atoms with E-state index in [1.807, 2.05) is 12.4 Å². The molecule has 240 valence electrons. The first kappa shape index (κ1) is 27.8. The van der Waals surface area contributed by atoms with E-state index in [0.29, 0.717) is 0 Å². The molecule has 0 atom stereocenters. The fraction of sp³-hybridized carbons (Fsp3) is 0. The summed E-state index contributed by atoms with van der Waals surface area (Å²) >= 11 is 0. The normalized spacial score (nSPS) is 12.2. The molecule has 8 aromatic carbocycles. The van der Waals surface area contributed by atoms with Crippen LogP contribution in [0.1, 0.15) is 0 Å². The van der Waals surface area contributed by atoms with Gasteiger partial charge in [-0.15, -0.1) is 0 Å². The second kappa shape index (κ2) is 10.3. The van der Waals surface area contributed by atoms with Crippen LogP contribution >= 0.6 is 0 Å². The topological polar surface area (TPSA) is 22.8 Å². The Balaban J connectivity index is 1.12. The third-order valence-corrected chi connectivity index (χ3v) is 11.3. The summed E-state index contributed by atoms with van der Waals surface area (Å²) in [5.41, 5.74) is 14.6. The van der Waals surface area contributed by atoms with Gasteiger partial charge in [-0.25, -0.2) is 0 Å². The van der Waals surface area contributed by atoms with Gasteiger partial charge in [0.2, 0.25) is 0 Å². The number of hydrogen-bond acceptors (Lipinski definition) is 1. The first-order chi connectivity index (χ1) is 25.8. The molecule has 0 fully saturated rings. The van der Waals surface area contributed by atoms with E-state index in [0.717, 1.165) is 5.69 Å². The van der Waals surface area contributed by atoms with Gasteiger partial charge >= 0.3 is 0 Å². The van der Waals surface area contributed by atoms with Gasteiger partial charge in [0.25, 0.3) is 0 Å². The van der Waals surface area contributed by atoms with Gasteiger partial charge in [0.15, 0.2) is 0 Å². The summed E-state index contributed by atoms with van der Waals surface area (Å²) in [5, 5.41) is 10.1. The molecule has 3 nitrogen and oxygen atoms in total. The molecule has 12 rings (SSSR count). The third kappa shape index (κ3) is 3.72. The summed E-state index contributed by atoms with van der Waals surface area (Å²) < 4.78 is 4.85. The second-order valence-corrected chi connectivity index (χ2v) is 14.0. The van der Waals surface area contributed by atoms with Gasteiger partial charge in [-0.2, -0.15) is 0 Å². The zero-order chi connectivity index (χ0) is 33.9. The minimum absolute atomic E-state index is 1.16. The lowest BCUT2D eigenvalue weighted by atomic mass is 9.99. The molecule has 0 saturated heterocycles. The molecule has 0 spiro atoms. The molecule has 0 amide bonds. The number of hydrogen-bond donors (Lipinski definition) is 0. The highest BCUT2D eigenvalue weighted by atomic mass is 15.0. The standard InChI is InChI=1S/C49H29N3/c1-2-11-34(12-3-1)51-44-16-7-6-14-38(44)40-26-31(18-20-45(40)51)32-19-21-46-42(27-32)49-36-13-5-4-9-30(36)17-22-47(49)52(46)35-25-33-10-8-15-39-37-23-24-50-29-43(37)41(28-35)48(33)39/h1-29H. The van der Waals surface area contributed by atoms with Crippen molar-refractivity contribution in [2.75, 3.05) is 0 Å². The van der Waals surface area contributed by atoms with Gasteiger partial charge < -0.3 is 9.13 Å². The lowest BCUT2D eigenvalue weighted by Gasteiger charge is -2.12. The minimum Gasteiger partial charge on any atom is -0.309 e. The van der Waals surface area contributed by atoms with E-state index in [9.17, 15) is 0 Å². The predicted molar refractivity (Wildman–Crippen MR) is 218 cm³/mol. The highest BCUT2D eigenvalue weighted by molar-refractivity contribution is 6.23. The van der Waals surface area contributed by atoms with Gasteiger partial charge in [0, 0.05) is 50.9 Å². The molecule has 0 bridgehead atoms. The molecule has 3 aromatic heterocycles. The Morgan fingerprint density at radius 3 is 1.92 bits per heavy atom. The van der Waals surface area contributed by atoms with Crippen LogP contribution in [0.5, 0.6) is 0 Å². The molecule has 3 heteroatoms. The summed E-state index contributed by atoms with van der Waals surface area (Å²) in [5.74, 6) is 0. The van der Waals surface area contributed by atoms with Crippen molar-refractivity contribution in [1.82, 2.24) is 14.1 Å². The Kier molecular flexibility index (Phi) is 5.50. The molecule has 1 aliphatic rings. The Bertz CT molecular complexity index is 3290. The van der Waals surface area contributed by atoms with E-state index < -0.39 is 0 Å². The molecular formula is C49H29N3. The number of benzene rings is 8. The maximum Gasteiger partial charge on any atom is 0.0547 e. The minimum atomic E-state index is 1.16. The third-order valence-electron chi connectivity index (χ3n) is 11.3. The van der Waals surface area contributed by atoms with Crippen LogP contribution in [0.25, 0.3) is 110 Å². The van der Waals surface area contributed by atoms with Crippen LogP contribution in [0.2, 0.25) is 0 Å². The van der Waals surface area contributed by atoms with Crippen molar-refractivity contribution in [2.24, 2.45) is 0 Å². The lowest BCUT2D eigenvalue weighted by Crippen LogP contribution is -1.95. The van der Waals surface area contributed by atoms with Crippen LogP contribution in [-0.4, -0.2) is 14.1 Å². The molecule has 0 radical (unpaired) electrons. The number of aromatic nitrogens is 3. The highest BCUT2D eigenvalue weighted by Gasteiger charge is 2.24. The lowest BCUT2D eigenvalue weighted by molar-refractivity contribution is 1.18. The fourth-order valence-corrected chi connectivity index (χ4v) is 9.08. The molecule has 52 heavy (non-hydrogen) atoms. The van der Waals surface area contributed by atoms with Gasteiger partial charge in [0.05, 0.1) is 22.1 Å². The Morgan fingerprint density at radius 1 is 0.346 bits per heavy atom. The van der Waals surface area contributed by atoms with Crippen LogP contribution < -0.4 is 0 Å². The summed E-state index contributed by atoms with van der Waals surface area (Å²) in [6.45, 7) is 0. The van der Waals surface area contributed by atoms with Crippen LogP contribution in [0, 0.1) is 0 Å². The molecule has 0 aliphatic heterocycles. The van der Waals surface area contributed by atoms with Crippen LogP contribution in [0.15, 0.2) is 176 Å². The summed E-state index contributed by atoms with van der Waals surface area (Å²) in [6, 6.07) is 60.3. The zero-order valence-electron chi connectivity index (χ0n) is 28.1. The Labute approximate surface area is 299 Å². The van der Waals surface area contributed by atoms with E-state index in [4.69, 9.17) is 0 Å². The average Bonchev–Trinajstić information content (AvgIpc) is 3.84. The van der Waals surface area contributed by atoms with Crippen molar-refractivity contribution in [1.29, 1.82) is 0 Å². The molecule has 11 aromatic rings. The maximum atomic E-state index is 4.54. The maximum absolute atomic E-state index is 4.54. The quantitative estimate of drug-likeness (QED) is 0.185. The highest BCUT2D eigenvalue weighted by Crippen LogP contribution is 2.49. The fourth-order valence-electron chi connectivity index (χ4n) is 9.08. The summed E-state index contributed by atoms with van der Waals surface area (Å²) in [4.78, 5) is 4.54. The van der Waals surface area contributed by atoms with Crippen molar-refractivity contribution in [3.63, 3.8) is 0 Å². The van der Waals surface area contributed by atoms with Crippen molar-refractivity contribution in [2.45, 2.75) is 0 Å². The summed E-state index contributed by atoms with van der Waals surface area (Å²) in [6.07, 6.45) is 3.92. The number of rotatable bonds is 3. The molecule has 3 heterocycles. The zero-order valence-corrected chi connectivity index (χ0v) is 28.1. The van der Waals surface area contributed by atoms with Crippen molar-refractivity contribution in [3.8, 4) is 44.8 Å². The molecule has 0 unspecified atom stereocenters. The number of pyridine rings is 1. The van der Waals surface area contributed by atoms with E-state index in [1.165, 1.54) is 104 Å². The monoisotopic (exact) mass is 659 g/mol. The van der Waals surface area contributed by atoms with E-state index in [2.05, 4.69) is 178 Å². The molecule has 1 aliphatic carbocycles. The van der Waals surface area contributed by atoms with Gasteiger partial charge in [-0.1, -0.05) is 97.1 Å². The van der Waals surface area contributed by atoms with Gasteiger partial charge in [-0.05, 0) is 116 Å². The van der Waals surface area contributed by atoms with E-state index in [-0.39, 0.29) is 0 Å². The smallest absolute Gasteiger partial charge is 0.0547 e. The Morgan fingerprint density at radius 2 is 1.04 bits per heavy atom. The summed E-state index contributed by atoms with van der Waals surface area (Å²) in [7, 11) is 0. The first-order valence-electron chi connectivity index (χ1n) is 17.9. The van der Waals surface area contributed by atoms with Crippen LogP contribution in [-0.2, 0) is 0 Å². The average molecular weight is 660 g/mol. The number of fused-ring (bicyclic) bond motifs is 11. The van der Waals surface area contributed by atoms with Gasteiger partial charge in [0.1, 0.15) is 0 Å². The van der Waals surface area contributed by atoms with Crippen molar-refractivity contribution >= 4 is 65.2 Å². The first-order valence-corrected chi connectivity index (χ1v) is 17.9. The van der Waals surface area contributed by atoms with Crippen molar-refractivity contribution < 1.29 is 0 Å².